The number of imidazole rings is 1. The van der Waals surface area contributed by atoms with Crippen LogP contribution in [0.15, 0.2) is 23.2 Å². The molecule has 0 bridgehead atoms. The van der Waals surface area contributed by atoms with Gasteiger partial charge in [0.15, 0.2) is 0 Å². The van der Waals surface area contributed by atoms with Gasteiger partial charge in [0.25, 0.3) is 10.0 Å². The average molecular weight is 292 g/mol. The molecule has 5 heteroatoms. The number of nitrogens with zero attached hydrogens (tertiary/aromatic N) is 2. The monoisotopic (exact) mass is 292 g/mol. The molecule has 2 rings (SSSR count). The van der Waals surface area contributed by atoms with Gasteiger partial charge in [-0.2, -0.15) is 0 Å². The fraction of sp³-hybridized carbons (Fsp3) is 0.400. The molecule has 0 saturated heterocycles. The summed E-state index contributed by atoms with van der Waals surface area (Å²) in [6.45, 7) is 9.44. The van der Waals surface area contributed by atoms with Crippen LogP contribution in [0.2, 0.25) is 0 Å². The average Bonchev–Trinajstić information content (AvgIpc) is 2.75. The fourth-order valence-electron chi connectivity index (χ4n) is 2.29. The molecule has 0 saturated carbocycles. The van der Waals surface area contributed by atoms with Gasteiger partial charge in [-0.1, -0.05) is 13.0 Å². The summed E-state index contributed by atoms with van der Waals surface area (Å²) >= 11 is 0. The van der Waals surface area contributed by atoms with Gasteiger partial charge in [-0.3, -0.25) is 0 Å². The Kier molecular flexibility index (Phi) is 3.73. The van der Waals surface area contributed by atoms with E-state index in [4.69, 9.17) is 0 Å². The highest BCUT2D eigenvalue weighted by molar-refractivity contribution is 7.90. The second-order valence-electron chi connectivity index (χ2n) is 5.15. The van der Waals surface area contributed by atoms with E-state index in [0.717, 1.165) is 16.7 Å². The molecule has 0 atom stereocenters. The summed E-state index contributed by atoms with van der Waals surface area (Å²) in [7, 11) is -3.58. The first-order valence-electron chi connectivity index (χ1n) is 6.65. The van der Waals surface area contributed by atoms with Crippen molar-refractivity contribution in [2.75, 3.05) is 0 Å². The third kappa shape index (κ3) is 2.38. The molecule has 1 aromatic carbocycles. The van der Waals surface area contributed by atoms with E-state index in [-0.39, 0.29) is 0 Å². The summed E-state index contributed by atoms with van der Waals surface area (Å²) in [5.41, 5.74) is 3.55. The third-order valence-corrected chi connectivity index (χ3v) is 5.34. The molecule has 2 aromatic rings. The minimum atomic E-state index is -3.58. The van der Waals surface area contributed by atoms with Crippen molar-refractivity contribution in [3.63, 3.8) is 0 Å². The summed E-state index contributed by atoms with van der Waals surface area (Å²) in [5, 5.41) is 0. The van der Waals surface area contributed by atoms with Crippen LogP contribution in [0.1, 0.15) is 35.1 Å². The standard InChI is InChI=1S/C15H20N2O2S/c1-6-15-16-13(5)9-17(15)20(18,19)14-8-11(3)10(2)7-12(14)4/h7-9H,6H2,1-5H3. The van der Waals surface area contributed by atoms with Gasteiger partial charge >= 0.3 is 0 Å². The van der Waals surface area contributed by atoms with Gasteiger partial charge in [-0.05, 0) is 50.5 Å². The van der Waals surface area contributed by atoms with Crippen molar-refractivity contribution in [2.45, 2.75) is 45.9 Å². The quantitative estimate of drug-likeness (QED) is 0.874. The Morgan fingerprint density at radius 1 is 1.05 bits per heavy atom. The Morgan fingerprint density at radius 3 is 2.25 bits per heavy atom. The number of hydrogen-bond donors (Lipinski definition) is 0. The number of benzene rings is 1. The molecule has 20 heavy (non-hydrogen) atoms. The molecule has 0 spiro atoms. The van der Waals surface area contributed by atoms with Crippen LogP contribution in [0.5, 0.6) is 0 Å². The van der Waals surface area contributed by atoms with E-state index in [0.29, 0.717) is 22.8 Å². The molecule has 0 aliphatic rings. The molecule has 0 amide bonds. The predicted molar refractivity (Wildman–Crippen MR) is 79.6 cm³/mol. The lowest BCUT2D eigenvalue weighted by atomic mass is 10.1. The summed E-state index contributed by atoms with van der Waals surface area (Å²) in [6, 6.07) is 3.66. The van der Waals surface area contributed by atoms with E-state index in [9.17, 15) is 8.42 Å². The summed E-state index contributed by atoms with van der Waals surface area (Å²) < 4.78 is 27.0. The third-order valence-electron chi connectivity index (χ3n) is 3.51. The normalized spacial score (nSPS) is 11.8. The van der Waals surface area contributed by atoms with Crippen molar-refractivity contribution in [2.24, 2.45) is 0 Å². The van der Waals surface area contributed by atoms with Crippen molar-refractivity contribution in [3.8, 4) is 0 Å². The van der Waals surface area contributed by atoms with Crippen LogP contribution in [0.25, 0.3) is 0 Å². The molecule has 0 aliphatic carbocycles. The zero-order valence-corrected chi connectivity index (χ0v) is 13.4. The lowest BCUT2D eigenvalue weighted by molar-refractivity contribution is 0.584. The largest absolute Gasteiger partial charge is 0.269 e. The van der Waals surface area contributed by atoms with Gasteiger partial charge in [-0.15, -0.1) is 0 Å². The smallest absolute Gasteiger partial charge is 0.238 e. The number of aromatic nitrogens is 2. The van der Waals surface area contributed by atoms with Crippen LogP contribution in [0.4, 0.5) is 0 Å². The fourth-order valence-corrected chi connectivity index (χ4v) is 4.03. The van der Waals surface area contributed by atoms with Gasteiger partial charge in [0.2, 0.25) is 0 Å². The molecule has 0 radical (unpaired) electrons. The molecule has 0 fully saturated rings. The molecule has 0 N–H and O–H groups in total. The molecular formula is C15H20N2O2S. The molecule has 1 heterocycles. The van der Waals surface area contributed by atoms with Crippen molar-refractivity contribution in [1.82, 2.24) is 8.96 Å². The van der Waals surface area contributed by atoms with E-state index < -0.39 is 10.0 Å². The zero-order chi connectivity index (χ0) is 15.1. The van der Waals surface area contributed by atoms with Crippen LogP contribution in [-0.2, 0) is 16.4 Å². The molecule has 108 valence electrons. The maximum absolute atomic E-state index is 12.8. The minimum absolute atomic E-state index is 0.354. The van der Waals surface area contributed by atoms with Crippen molar-refractivity contribution in [1.29, 1.82) is 0 Å². The molecule has 0 unspecified atom stereocenters. The van der Waals surface area contributed by atoms with Gasteiger partial charge in [0.05, 0.1) is 10.6 Å². The van der Waals surface area contributed by atoms with E-state index in [1.807, 2.05) is 33.8 Å². The Labute approximate surface area is 120 Å². The van der Waals surface area contributed by atoms with Gasteiger partial charge in [0.1, 0.15) is 5.82 Å². The summed E-state index contributed by atoms with van der Waals surface area (Å²) in [6.07, 6.45) is 2.17. The van der Waals surface area contributed by atoms with E-state index in [1.165, 1.54) is 3.97 Å². The lowest BCUT2D eigenvalue weighted by Crippen LogP contribution is -2.16. The maximum Gasteiger partial charge on any atom is 0.269 e. The number of hydrogen-bond acceptors (Lipinski definition) is 3. The Bertz CT molecular complexity index is 758. The van der Waals surface area contributed by atoms with Crippen LogP contribution in [0.3, 0.4) is 0 Å². The van der Waals surface area contributed by atoms with Crippen LogP contribution in [-0.4, -0.2) is 17.4 Å². The predicted octanol–water partition coefficient (Wildman–Crippen LogP) is 2.92. The molecule has 0 aliphatic heterocycles. The first kappa shape index (κ1) is 14.8. The summed E-state index contributed by atoms with van der Waals surface area (Å²) in [4.78, 5) is 4.63. The van der Waals surface area contributed by atoms with Crippen molar-refractivity contribution < 1.29 is 8.42 Å². The van der Waals surface area contributed by atoms with Crippen molar-refractivity contribution >= 4 is 10.0 Å². The Balaban J connectivity index is 2.70. The zero-order valence-electron chi connectivity index (χ0n) is 12.6. The second kappa shape index (κ2) is 5.05. The van der Waals surface area contributed by atoms with Crippen LogP contribution < -0.4 is 0 Å². The number of aryl methyl sites for hydroxylation is 5. The Morgan fingerprint density at radius 2 is 1.65 bits per heavy atom. The van der Waals surface area contributed by atoms with Gasteiger partial charge < -0.3 is 0 Å². The summed E-state index contributed by atoms with van der Waals surface area (Å²) in [5.74, 6) is 0.570. The molecule has 1 aromatic heterocycles. The second-order valence-corrected chi connectivity index (χ2v) is 6.94. The van der Waals surface area contributed by atoms with Gasteiger partial charge in [0, 0.05) is 12.6 Å². The SMILES string of the molecule is CCc1nc(C)cn1S(=O)(=O)c1cc(C)c(C)cc1C. The lowest BCUT2D eigenvalue weighted by Gasteiger charge is -2.13. The van der Waals surface area contributed by atoms with Crippen molar-refractivity contribution in [3.05, 3.63) is 46.5 Å². The minimum Gasteiger partial charge on any atom is -0.238 e. The first-order valence-corrected chi connectivity index (χ1v) is 8.09. The topological polar surface area (TPSA) is 52.0 Å². The first-order chi connectivity index (χ1) is 9.27. The van der Waals surface area contributed by atoms with Crippen LogP contribution >= 0.6 is 0 Å². The van der Waals surface area contributed by atoms with E-state index in [1.54, 1.807) is 19.2 Å². The molecular weight excluding hydrogens is 272 g/mol. The maximum atomic E-state index is 12.8. The van der Waals surface area contributed by atoms with E-state index in [2.05, 4.69) is 4.98 Å². The highest BCUT2D eigenvalue weighted by Gasteiger charge is 2.23. The Hall–Kier alpha value is -1.62. The number of rotatable bonds is 3. The highest BCUT2D eigenvalue weighted by Crippen LogP contribution is 2.23. The van der Waals surface area contributed by atoms with E-state index >= 15 is 0 Å². The van der Waals surface area contributed by atoms with Gasteiger partial charge in [-0.25, -0.2) is 17.4 Å². The van der Waals surface area contributed by atoms with Crippen LogP contribution in [0, 0.1) is 27.7 Å². The highest BCUT2D eigenvalue weighted by atomic mass is 32.2. The molecule has 4 nitrogen and oxygen atoms in total.